The molecule has 0 bridgehead atoms. The molecule has 1 atom stereocenters. The number of nitrogens with one attached hydrogen (secondary N) is 2. The molecular formula is C23H21N3O2. The Morgan fingerprint density at radius 3 is 2.39 bits per heavy atom. The van der Waals surface area contributed by atoms with E-state index < -0.39 is 6.10 Å². The second-order valence-electron chi connectivity index (χ2n) is 6.57. The van der Waals surface area contributed by atoms with E-state index in [-0.39, 0.29) is 5.91 Å². The largest absolute Gasteiger partial charge is 0.481 e. The predicted octanol–water partition coefficient (Wildman–Crippen LogP) is 4.31. The summed E-state index contributed by atoms with van der Waals surface area (Å²) in [5.74, 6) is 1.19. The average molecular weight is 371 g/mol. The minimum Gasteiger partial charge on any atom is -0.481 e. The fourth-order valence-electron chi connectivity index (χ4n) is 3.02. The van der Waals surface area contributed by atoms with E-state index in [0.29, 0.717) is 18.1 Å². The Morgan fingerprint density at radius 1 is 0.964 bits per heavy atom. The van der Waals surface area contributed by atoms with Crippen molar-refractivity contribution in [2.45, 2.75) is 19.6 Å². The van der Waals surface area contributed by atoms with Gasteiger partial charge in [-0.2, -0.15) is 0 Å². The second kappa shape index (κ2) is 7.96. The van der Waals surface area contributed by atoms with E-state index in [1.807, 2.05) is 66.7 Å². The summed E-state index contributed by atoms with van der Waals surface area (Å²) in [6.07, 6.45) is -0.605. The quantitative estimate of drug-likeness (QED) is 0.531. The van der Waals surface area contributed by atoms with Crippen LogP contribution in [0, 0.1) is 0 Å². The van der Waals surface area contributed by atoms with Crippen LogP contribution in [0.1, 0.15) is 12.7 Å². The van der Waals surface area contributed by atoms with Gasteiger partial charge in [-0.15, -0.1) is 0 Å². The molecule has 0 saturated heterocycles. The summed E-state index contributed by atoms with van der Waals surface area (Å²) in [4.78, 5) is 20.0. The lowest BCUT2D eigenvalue weighted by molar-refractivity contribution is -0.127. The van der Waals surface area contributed by atoms with Crippen molar-refractivity contribution in [3.05, 3.63) is 84.7 Å². The lowest BCUT2D eigenvalue weighted by Crippen LogP contribution is -2.36. The van der Waals surface area contributed by atoms with Crippen molar-refractivity contribution in [1.82, 2.24) is 15.3 Å². The zero-order chi connectivity index (χ0) is 19.3. The highest BCUT2D eigenvalue weighted by atomic mass is 16.5. The molecule has 2 N–H and O–H groups in total. The number of imidazole rings is 1. The molecule has 0 aliphatic carbocycles. The summed E-state index contributed by atoms with van der Waals surface area (Å²) in [6.45, 7) is 2.06. The van der Waals surface area contributed by atoms with Gasteiger partial charge in [0.25, 0.3) is 5.91 Å². The number of rotatable bonds is 6. The third-order valence-electron chi connectivity index (χ3n) is 4.51. The molecule has 0 aliphatic rings. The first-order valence-electron chi connectivity index (χ1n) is 9.22. The van der Waals surface area contributed by atoms with Crippen LogP contribution in [-0.4, -0.2) is 22.0 Å². The van der Waals surface area contributed by atoms with Gasteiger partial charge in [0.05, 0.1) is 17.6 Å². The van der Waals surface area contributed by atoms with E-state index >= 15 is 0 Å². The predicted molar refractivity (Wildman–Crippen MR) is 110 cm³/mol. The van der Waals surface area contributed by atoms with Crippen LogP contribution in [0.2, 0.25) is 0 Å². The van der Waals surface area contributed by atoms with Crippen molar-refractivity contribution in [3.63, 3.8) is 0 Å². The van der Waals surface area contributed by atoms with Crippen LogP contribution >= 0.6 is 0 Å². The summed E-state index contributed by atoms with van der Waals surface area (Å²) in [7, 11) is 0. The van der Waals surface area contributed by atoms with Gasteiger partial charge in [0, 0.05) is 0 Å². The number of fused-ring (bicyclic) bond motifs is 1. The lowest BCUT2D eigenvalue weighted by Gasteiger charge is -2.14. The number of H-pyrrole nitrogens is 1. The minimum atomic E-state index is -0.605. The third kappa shape index (κ3) is 4.04. The summed E-state index contributed by atoms with van der Waals surface area (Å²) >= 11 is 0. The van der Waals surface area contributed by atoms with Crippen molar-refractivity contribution in [2.75, 3.05) is 0 Å². The van der Waals surface area contributed by atoms with Crippen LogP contribution in [0.3, 0.4) is 0 Å². The first-order chi connectivity index (χ1) is 13.7. The summed E-state index contributed by atoms with van der Waals surface area (Å²) < 4.78 is 5.77. The molecule has 0 spiro atoms. The lowest BCUT2D eigenvalue weighted by atomic mass is 10.1. The minimum absolute atomic E-state index is 0.187. The molecule has 1 aromatic heterocycles. The Balaban J connectivity index is 1.33. The first kappa shape index (κ1) is 17.8. The fourth-order valence-corrected chi connectivity index (χ4v) is 3.02. The molecule has 3 aromatic carbocycles. The van der Waals surface area contributed by atoms with Gasteiger partial charge in [0.15, 0.2) is 6.10 Å². The molecular weight excluding hydrogens is 350 g/mol. The summed E-state index contributed by atoms with van der Waals surface area (Å²) in [5.41, 5.74) is 4.09. The molecule has 5 nitrogen and oxygen atoms in total. The maximum Gasteiger partial charge on any atom is 0.261 e. The normalized spacial score (nSPS) is 11.9. The summed E-state index contributed by atoms with van der Waals surface area (Å²) in [6, 6.07) is 25.6. The molecule has 140 valence electrons. The number of ether oxygens (including phenoxy) is 1. The SMILES string of the molecule is CC(Oc1ccc(-c2ccccc2)cc1)C(=O)NCc1nc2ccccc2[nH]1. The number of hydrogen-bond donors (Lipinski definition) is 2. The van der Waals surface area contributed by atoms with Crippen LogP contribution in [0.5, 0.6) is 5.75 Å². The van der Waals surface area contributed by atoms with Crippen LogP contribution in [0.25, 0.3) is 22.2 Å². The number of carbonyl (C=O) groups excluding carboxylic acids is 1. The number of carbonyl (C=O) groups is 1. The molecule has 1 amide bonds. The smallest absolute Gasteiger partial charge is 0.261 e. The van der Waals surface area contributed by atoms with Crippen LogP contribution in [-0.2, 0) is 11.3 Å². The van der Waals surface area contributed by atoms with Gasteiger partial charge in [0.2, 0.25) is 0 Å². The van der Waals surface area contributed by atoms with Crippen LogP contribution in [0.15, 0.2) is 78.9 Å². The van der Waals surface area contributed by atoms with E-state index in [1.54, 1.807) is 6.92 Å². The zero-order valence-electron chi connectivity index (χ0n) is 15.6. The Bertz CT molecular complexity index is 1040. The maximum absolute atomic E-state index is 12.3. The fraction of sp³-hybridized carbons (Fsp3) is 0.130. The van der Waals surface area contributed by atoms with Gasteiger partial charge in [-0.05, 0) is 42.3 Å². The molecule has 1 unspecified atom stereocenters. The van der Waals surface area contributed by atoms with E-state index in [2.05, 4.69) is 27.4 Å². The van der Waals surface area contributed by atoms with E-state index in [0.717, 1.165) is 22.2 Å². The first-order valence-corrected chi connectivity index (χ1v) is 9.22. The van der Waals surface area contributed by atoms with Crippen molar-refractivity contribution in [3.8, 4) is 16.9 Å². The maximum atomic E-state index is 12.3. The van der Waals surface area contributed by atoms with Gasteiger partial charge in [-0.25, -0.2) is 4.98 Å². The monoisotopic (exact) mass is 371 g/mol. The molecule has 4 rings (SSSR count). The van der Waals surface area contributed by atoms with Crippen molar-refractivity contribution < 1.29 is 9.53 Å². The van der Waals surface area contributed by atoms with E-state index in [9.17, 15) is 4.79 Å². The van der Waals surface area contributed by atoms with Gasteiger partial charge < -0.3 is 15.0 Å². The number of hydrogen-bond acceptors (Lipinski definition) is 3. The zero-order valence-corrected chi connectivity index (χ0v) is 15.6. The molecule has 0 saturated carbocycles. The highest BCUT2D eigenvalue weighted by molar-refractivity contribution is 5.81. The average Bonchev–Trinajstić information content (AvgIpc) is 3.16. The highest BCUT2D eigenvalue weighted by Gasteiger charge is 2.15. The number of amides is 1. The highest BCUT2D eigenvalue weighted by Crippen LogP contribution is 2.22. The number of para-hydroxylation sites is 2. The van der Waals surface area contributed by atoms with Gasteiger partial charge in [-0.3, -0.25) is 4.79 Å². The van der Waals surface area contributed by atoms with Crippen molar-refractivity contribution >= 4 is 16.9 Å². The van der Waals surface area contributed by atoms with Crippen molar-refractivity contribution in [1.29, 1.82) is 0 Å². The Kier molecular flexibility index (Phi) is 5.06. The molecule has 1 heterocycles. The molecule has 0 aliphatic heterocycles. The van der Waals surface area contributed by atoms with E-state index in [1.165, 1.54) is 0 Å². The molecule has 5 heteroatoms. The standard InChI is InChI=1S/C23H21N3O2/c1-16(23(27)24-15-22-25-20-9-5-6-10-21(20)26-22)28-19-13-11-18(12-14-19)17-7-3-2-4-8-17/h2-14,16H,15H2,1H3,(H,24,27)(H,25,26). The van der Waals surface area contributed by atoms with E-state index in [4.69, 9.17) is 4.74 Å². The number of nitrogens with zero attached hydrogens (tertiary/aromatic N) is 1. The number of aromatic amines is 1. The molecule has 0 fully saturated rings. The number of aromatic nitrogens is 2. The topological polar surface area (TPSA) is 67.0 Å². The van der Waals surface area contributed by atoms with Crippen LogP contribution in [0.4, 0.5) is 0 Å². The molecule has 28 heavy (non-hydrogen) atoms. The number of benzene rings is 3. The Labute approximate surface area is 163 Å². The molecule has 4 aromatic rings. The summed E-state index contributed by atoms with van der Waals surface area (Å²) in [5, 5.41) is 2.86. The van der Waals surface area contributed by atoms with Crippen molar-refractivity contribution in [2.24, 2.45) is 0 Å². The van der Waals surface area contributed by atoms with Gasteiger partial charge in [0.1, 0.15) is 11.6 Å². The second-order valence-corrected chi connectivity index (χ2v) is 6.57. The Hall–Kier alpha value is -3.60. The molecule has 0 radical (unpaired) electrons. The third-order valence-corrected chi connectivity index (χ3v) is 4.51. The van der Waals surface area contributed by atoms with Gasteiger partial charge in [-0.1, -0.05) is 54.6 Å². The van der Waals surface area contributed by atoms with Crippen LogP contribution < -0.4 is 10.1 Å². The Morgan fingerprint density at radius 2 is 1.64 bits per heavy atom. The van der Waals surface area contributed by atoms with Gasteiger partial charge >= 0.3 is 0 Å².